The van der Waals surface area contributed by atoms with Gasteiger partial charge in [0.25, 0.3) is 0 Å². The minimum atomic E-state index is -1.26. The molecular formula is C22H16O3S. The maximum absolute atomic E-state index is 13.0. The third kappa shape index (κ3) is 3.11. The molecule has 0 saturated carbocycles. The Labute approximate surface area is 153 Å². The maximum atomic E-state index is 13.0. The van der Waals surface area contributed by atoms with Crippen molar-refractivity contribution in [1.82, 2.24) is 0 Å². The van der Waals surface area contributed by atoms with E-state index in [4.69, 9.17) is 4.42 Å². The van der Waals surface area contributed by atoms with Gasteiger partial charge >= 0.3 is 0 Å². The van der Waals surface area contributed by atoms with Crippen molar-refractivity contribution in [2.24, 2.45) is 0 Å². The van der Waals surface area contributed by atoms with E-state index in [9.17, 15) is 9.00 Å². The highest BCUT2D eigenvalue weighted by Crippen LogP contribution is 2.30. The van der Waals surface area contributed by atoms with Crippen LogP contribution in [0, 0.1) is 0 Å². The second-order valence-electron chi connectivity index (χ2n) is 5.90. The normalized spacial score (nSPS) is 12.2. The summed E-state index contributed by atoms with van der Waals surface area (Å²) in [5.41, 5.74) is 1.88. The van der Waals surface area contributed by atoms with Crippen molar-refractivity contribution in [3.63, 3.8) is 0 Å². The average Bonchev–Trinajstić information content (AvgIpc) is 3.07. The van der Waals surface area contributed by atoms with Gasteiger partial charge in [0.2, 0.25) is 5.78 Å². The number of carbonyl (C=O) groups excluding carboxylic acids is 1. The minimum absolute atomic E-state index is 0.193. The lowest BCUT2D eigenvalue weighted by Gasteiger charge is -2.04. The van der Waals surface area contributed by atoms with Crippen LogP contribution >= 0.6 is 0 Å². The number of hydrogen-bond donors (Lipinski definition) is 0. The van der Waals surface area contributed by atoms with Crippen LogP contribution in [0.5, 0.6) is 0 Å². The average molecular weight is 360 g/mol. The zero-order valence-electron chi connectivity index (χ0n) is 13.9. The lowest BCUT2D eigenvalue weighted by Crippen LogP contribution is -2.05. The highest BCUT2D eigenvalue weighted by Gasteiger charge is 2.23. The Morgan fingerprint density at radius 1 is 0.808 bits per heavy atom. The predicted molar refractivity (Wildman–Crippen MR) is 103 cm³/mol. The Bertz CT molecular complexity index is 1080. The number of hydrogen-bond acceptors (Lipinski definition) is 3. The van der Waals surface area contributed by atoms with Gasteiger partial charge in [0.1, 0.15) is 5.58 Å². The van der Waals surface area contributed by atoms with E-state index in [1.54, 1.807) is 12.1 Å². The third-order valence-electron chi connectivity index (χ3n) is 4.22. The molecule has 0 N–H and O–H groups in total. The van der Waals surface area contributed by atoms with E-state index >= 15 is 0 Å². The topological polar surface area (TPSA) is 47.3 Å². The van der Waals surface area contributed by atoms with Crippen LogP contribution in [0.2, 0.25) is 0 Å². The molecule has 0 amide bonds. The van der Waals surface area contributed by atoms with Gasteiger partial charge in [-0.3, -0.25) is 9.00 Å². The largest absolute Gasteiger partial charge is 0.452 e. The van der Waals surface area contributed by atoms with Crippen molar-refractivity contribution in [2.75, 3.05) is 0 Å². The SMILES string of the molecule is O=C(c1ccccc1)c1oc2ccccc2c1C[S@@](=O)c1ccccc1. The summed E-state index contributed by atoms with van der Waals surface area (Å²) in [5, 5.41) is 0.830. The van der Waals surface area contributed by atoms with Gasteiger partial charge < -0.3 is 4.42 Å². The van der Waals surface area contributed by atoms with Gasteiger partial charge in [-0.25, -0.2) is 0 Å². The first kappa shape index (κ1) is 16.5. The Hall–Kier alpha value is -2.98. The summed E-state index contributed by atoms with van der Waals surface area (Å²) in [6, 6.07) is 25.8. The summed E-state index contributed by atoms with van der Waals surface area (Å²) in [6.07, 6.45) is 0. The quantitative estimate of drug-likeness (QED) is 0.472. The monoisotopic (exact) mass is 360 g/mol. The molecule has 4 heteroatoms. The van der Waals surface area contributed by atoms with E-state index in [0.29, 0.717) is 16.7 Å². The molecule has 0 aliphatic rings. The maximum Gasteiger partial charge on any atom is 0.228 e. The molecule has 1 heterocycles. The number of rotatable bonds is 5. The van der Waals surface area contributed by atoms with Gasteiger partial charge in [-0.05, 0) is 18.2 Å². The number of carbonyl (C=O) groups is 1. The molecule has 26 heavy (non-hydrogen) atoms. The van der Waals surface area contributed by atoms with Gasteiger partial charge in [0.15, 0.2) is 5.76 Å². The van der Waals surface area contributed by atoms with E-state index in [1.807, 2.05) is 72.8 Å². The van der Waals surface area contributed by atoms with Crippen molar-refractivity contribution in [1.29, 1.82) is 0 Å². The molecule has 3 nitrogen and oxygen atoms in total. The molecule has 0 bridgehead atoms. The van der Waals surface area contributed by atoms with Crippen molar-refractivity contribution >= 4 is 27.6 Å². The fourth-order valence-electron chi connectivity index (χ4n) is 2.93. The Balaban J connectivity index is 1.80. The lowest BCUT2D eigenvalue weighted by atomic mass is 10.0. The van der Waals surface area contributed by atoms with Crippen LogP contribution in [-0.4, -0.2) is 9.99 Å². The first-order valence-electron chi connectivity index (χ1n) is 8.27. The smallest absolute Gasteiger partial charge is 0.228 e. The van der Waals surface area contributed by atoms with Crippen LogP contribution in [0.4, 0.5) is 0 Å². The summed E-state index contributed by atoms with van der Waals surface area (Å²) in [6.45, 7) is 0. The number of para-hydroxylation sites is 1. The molecule has 0 fully saturated rings. The van der Waals surface area contributed by atoms with E-state index in [1.165, 1.54) is 0 Å². The van der Waals surface area contributed by atoms with Gasteiger partial charge in [-0.1, -0.05) is 66.7 Å². The first-order chi connectivity index (χ1) is 12.7. The number of furan rings is 1. The molecule has 4 aromatic rings. The number of fused-ring (bicyclic) bond motifs is 1. The van der Waals surface area contributed by atoms with Crippen LogP contribution < -0.4 is 0 Å². The highest BCUT2D eigenvalue weighted by molar-refractivity contribution is 7.84. The van der Waals surface area contributed by atoms with Gasteiger partial charge in [0, 0.05) is 21.4 Å². The summed E-state index contributed by atoms with van der Waals surface area (Å²) in [7, 11) is -1.26. The van der Waals surface area contributed by atoms with Crippen LogP contribution in [0.15, 0.2) is 94.2 Å². The molecule has 0 unspecified atom stereocenters. The summed E-state index contributed by atoms with van der Waals surface area (Å²) < 4.78 is 18.7. The zero-order chi connectivity index (χ0) is 17.9. The Morgan fingerprint density at radius 3 is 2.15 bits per heavy atom. The van der Waals surface area contributed by atoms with Crippen molar-refractivity contribution in [2.45, 2.75) is 10.6 Å². The number of ketones is 1. The second-order valence-corrected chi connectivity index (χ2v) is 7.36. The van der Waals surface area contributed by atoms with Gasteiger partial charge in [-0.15, -0.1) is 0 Å². The van der Waals surface area contributed by atoms with E-state index in [2.05, 4.69) is 0 Å². The van der Waals surface area contributed by atoms with Crippen LogP contribution in [0.1, 0.15) is 21.7 Å². The standard InChI is InChI=1S/C22H16O3S/c23-21(16-9-3-1-4-10-16)22-19(18-13-7-8-14-20(18)25-22)15-26(24)17-11-5-2-6-12-17/h1-14H,15H2/t26-/m1/s1. The van der Waals surface area contributed by atoms with Crippen LogP contribution in [0.3, 0.4) is 0 Å². The molecule has 1 aromatic heterocycles. The van der Waals surface area contributed by atoms with E-state index in [0.717, 1.165) is 10.3 Å². The molecule has 128 valence electrons. The summed E-state index contributed by atoms with van der Waals surface area (Å²) >= 11 is 0. The van der Waals surface area contributed by atoms with Crippen molar-refractivity contribution in [3.05, 3.63) is 102 Å². The zero-order valence-corrected chi connectivity index (χ0v) is 14.7. The number of benzene rings is 3. The molecule has 0 aliphatic carbocycles. The van der Waals surface area contributed by atoms with E-state index < -0.39 is 10.8 Å². The predicted octanol–water partition coefficient (Wildman–Crippen LogP) is 4.97. The summed E-state index contributed by atoms with van der Waals surface area (Å²) in [5.74, 6) is 0.304. The molecule has 0 radical (unpaired) electrons. The van der Waals surface area contributed by atoms with Crippen molar-refractivity contribution in [3.8, 4) is 0 Å². The molecule has 0 aliphatic heterocycles. The fourth-order valence-corrected chi connectivity index (χ4v) is 4.11. The molecular weight excluding hydrogens is 344 g/mol. The molecule has 3 aromatic carbocycles. The fraction of sp³-hybridized carbons (Fsp3) is 0.0455. The Morgan fingerprint density at radius 2 is 1.42 bits per heavy atom. The highest BCUT2D eigenvalue weighted by atomic mass is 32.2. The third-order valence-corrected chi connectivity index (χ3v) is 5.57. The molecule has 1 atom stereocenters. The first-order valence-corrected chi connectivity index (χ1v) is 9.59. The van der Waals surface area contributed by atoms with Gasteiger partial charge in [-0.2, -0.15) is 0 Å². The second kappa shape index (κ2) is 7.10. The van der Waals surface area contributed by atoms with Crippen LogP contribution in [-0.2, 0) is 16.6 Å². The molecule has 4 rings (SSSR count). The minimum Gasteiger partial charge on any atom is -0.452 e. The molecule has 0 saturated heterocycles. The summed E-state index contributed by atoms with van der Waals surface area (Å²) in [4.78, 5) is 13.7. The van der Waals surface area contributed by atoms with Gasteiger partial charge in [0.05, 0.1) is 16.6 Å². The van der Waals surface area contributed by atoms with E-state index in [-0.39, 0.29) is 17.3 Å². The Kier molecular flexibility index (Phi) is 4.50. The van der Waals surface area contributed by atoms with Crippen molar-refractivity contribution < 1.29 is 13.4 Å². The lowest BCUT2D eigenvalue weighted by molar-refractivity contribution is 0.101. The molecule has 0 spiro atoms. The van der Waals surface area contributed by atoms with Crippen LogP contribution in [0.25, 0.3) is 11.0 Å².